The van der Waals surface area contributed by atoms with E-state index < -0.39 is 0 Å². The minimum absolute atomic E-state index is 0.357. The van der Waals surface area contributed by atoms with Gasteiger partial charge in [0.25, 0.3) is 0 Å². The lowest BCUT2D eigenvalue weighted by Gasteiger charge is -2.15. The van der Waals surface area contributed by atoms with Gasteiger partial charge < -0.3 is 4.98 Å². The molecule has 0 saturated heterocycles. The monoisotopic (exact) mass is 559 g/mol. The fourth-order valence-corrected chi connectivity index (χ4v) is 7.70. The van der Waals surface area contributed by atoms with Crippen molar-refractivity contribution in [1.29, 1.82) is 0 Å². The van der Waals surface area contributed by atoms with Crippen molar-refractivity contribution in [1.82, 2.24) is 9.97 Å². The van der Waals surface area contributed by atoms with Gasteiger partial charge in [-0.1, -0.05) is 58.9 Å². The Morgan fingerprint density at radius 2 is 1.43 bits per heavy atom. The number of imidazole rings is 1. The van der Waals surface area contributed by atoms with Gasteiger partial charge in [0.15, 0.2) is 0 Å². The maximum absolute atomic E-state index is 5.17. The highest BCUT2D eigenvalue weighted by Gasteiger charge is 2.18. The van der Waals surface area contributed by atoms with Crippen LogP contribution in [-0.2, 0) is 6.42 Å². The Kier molecular flexibility index (Phi) is 6.06. The molecule has 3 aromatic heterocycles. The van der Waals surface area contributed by atoms with Crippen molar-refractivity contribution in [2.75, 3.05) is 0 Å². The van der Waals surface area contributed by atoms with E-state index in [1.807, 2.05) is 22.7 Å². The quantitative estimate of drug-likeness (QED) is 0.209. The largest absolute Gasteiger partial charge is 0.341 e. The second kappa shape index (κ2) is 9.53. The number of nitrogens with one attached hydrogen (secondary N) is 1. The molecule has 0 unspecified atom stereocenters. The minimum atomic E-state index is 0.357. The van der Waals surface area contributed by atoms with Gasteiger partial charge in [-0.15, -0.1) is 22.7 Å². The highest BCUT2D eigenvalue weighted by Crippen LogP contribution is 2.44. The molecule has 5 heteroatoms. The fourth-order valence-electron chi connectivity index (χ4n) is 5.85. The van der Waals surface area contributed by atoms with E-state index in [1.165, 1.54) is 64.1 Å². The third kappa shape index (κ3) is 3.82. The van der Waals surface area contributed by atoms with Crippen molar-refractivity contribution in [2.24, 2.45) is 10.9 Å². The molecule has 0 saturated carbocycles. The normalized spacial score (nSPS) is 12.9. The number of nitrogens with zero attached hydrogens (tertiary/aromatic N) is 2. The number of aryl methyl sites for hydroxylation is 1. The zero-order valence-electron chi connectivity index (χ0n) is 23.8. The van der Waals surface area contributed by atoms with Crippen LogP contribution in [0.15, 0.2) is 64.3 Å². The van der Waals surface area contributed by atoms with E-state index in [0.717, 1.165) is 29.0 Å². The van der Waals surface area contributed by atoms with Crippen LogP contribution in [0.25, 0.3) is 63.9 Å². The molecule has 200 valence electrons. The molecule has 7 aromatic rings. The first-order valence-electron chi connectivity index (χ1n) is 14.2. The lowest BCUT2D eigenvalue weighted by atomic mass is 9.93. The topological polar surface area (TPSA) is 41.0 Å². The Morgan fingerprint density at radius 1 is 0.800 bits per heavy atom. The summed E-state index contributed by atoms with van der Waals surface area (Å²) in [7, 11) is 0. The fraction of sp³-hybridized carbons (Fsp3) is 0.257. The van der Waals surface area contributed by atoms with Crippen LogP contribution in [0.3, 0.4) is 0 Å². The molecule has 0 radical (unpaired) electrons. The summed E-state index contributed by atoms with van der Waals surface area (Å²) in [5.41, 5.74) is 8.40. The van der Waals surface area contributed by atoms with E-state index in [1.54, 1.807) is 0 Å². The summed E-state index contributed by atoms with van der Waals surface area (Å²) in [5.74, 6) is 1.84. The molecule has 3 nitrogen and oxygen atoms in total. The van der Waals surface area contributed by atoms with Gasteiger partial charge in [-0.05, 0) is 76.4 Å². The van der Waals surface area contributed by atoms with Crippen LogP contribution in [0, 0.1) is 5.92 Å². The average Bonchev–Trinajstić information content (AvgIpc) is 3.72. The van der Waals surface area contributed by atoms with E-state index >= 15 is 0 Å². The van der Waals surface area contributed by atoms with Crippen molar-refractivity contribution in [2.45, 2.75) is 53.9 Å². The van der Waals surface area contributed by atoms with Crippen molar-refractivity contribution in [3.05, 3.63) is 70.7 Å². The summed E-state index contributed by atoms with van der Waals surface area (Å²) >= 11 is 3.63. The smallest absolute Gasteiger partial charge is 0.109 e. The third-order valence-electron chi connectivity index (χ3n) is 8.33. The lowest BCUT2D eigenvalue weighted by molar-refractivity contribution is 0.799. The highest BCUT2D eigenvalue weighted by atomic mass is 32.1. The van der Waals surface area contributed by atoms with Crippen molar-refractivity contribution >= 4 is 86.8 Å². The molecular weight excluding hydrogens is 527 g/mol. The summed E-state index contributed by atoms with van der Waals surface area (Å²) in [5, 5.41) is 12.1. The summed E-state index contributed by atoms with van der Waals surface area (Å²) in [6, 6.07) is 18.4. The van der Waals surface area contributed by atoms with Crippen LogP contribution in [0.4, 0.5) is 5.69 Å². The number of H-pyrrole nitrogens is 1. The van der Waals surface area contributed by atoms with Gasteiger partial charge in [0.1, 0.15) is 5.82 Å². The van der Waals surface area contributed by atoms with Gasteiger partial charge in [0.05, 0.1) is 16.7 Å². The number of aliphatic imine (C=N–C) groups is 1. The molecule has 0 amide bonds. The first kappa shape index (κ1) is 25.4. The van der Waals surface area contributed by atoms with Crippen LogP contribution < -0.4 is 0 Å². The van der Waals surface area contributed by atoms with E-state index in [-0.39, 0.29) is 0 Å². The molecule has 1 N–H and O–H groups in total. The van der Waals surface area contributed by atoms with Crippen LogP contribution in [0.5, 0.6) is 0 Å². The van der Waals surface area contributed by atoms with E-state index in [2.05, 4.69) is 106 Å². The summed E-state index contributed by atoms with van der Waals surface area (Å²) in [6.45, 7) is 13.2. The van der Waals surface area contributed by atoms with Crippen molar-refractivity contribution in [3.63, 3.8) is 0 Å². The number of hydrogen-bond acceptors (Lipinski definition) is 4. The predicted molar refractivity (Wildman–Crippen MR) is 178 cm³/mol. The number of aromatic amines is 1. The zero-order valence-corrected chi connectivity index (χ0v) is 25.5. The average molecular weight is 560 g/mol. The van der Waals surface area contributed by atoms with Crippen LogP contribution in [0.2, 0.25) is 0 Å². The Bertz CT molecular complexity index is 2120. The molecule has 0 aliphatic heterocycles. The Morgan fingerprint density at radius 3 is 2.08 bits per heavy atom. The first-order chi connectivity index (χ1) is 19.4. The van der Waals surface area contributed by atoms with Gasteiger partial charge in [-0.25, -0.2) is 4.98 Å². The minimum Gasteiger partial charge on any atom is -0.341 e. The lowest BCUT2D eigenvalue weighted by Crippen LogP contribution is -2.01. The third-order valence-corrected chi connectivity index (χ3v) is 10.2. The SMILES string of the molecule is CCc1c(/N=C(\C)C(C)C)c2ccsc2c2cc(-c3ccc4c(c3)c3sccc3c3nc(C(C)C)[nH]c43)ccc12. The van der Waals surface area contributed by atoms with E-state index in [9.17, 15) is 0 Å². The number of benzene rings is 4. The van der Waals surface area contributed by atoms with Gasteiger partial charge in [0, 0.05) is 48.0 Å². The van der Waals surface area contributed by atoms with Gasteiger partial charge in [-0.2, -0.15) is 0 Å². The van der Waals surface area contributed by atoms with Crippen LogP contribution in [0.1, 0.15) is 58.8 Å². The van der Waals surface area contributed by atoms with E-state index in [0.29, 0.717) is 11.8 Å². The molecule has 0 bridgehead atoms. The summed E-state index contributed by atoms with van der Waals surface area (Å²) in [6.07, 6.45) is 0.955. The van der Waals surface area contributed by atoms with E-state index in [4.69, 9.17) is 9.98 Å². The number of hydrogen-bond donors (Lipinski definition) is 1. The maximum Gasteiger partial charge on any atom is 0.109 e. The number of fused-ring (bicyclic) bond motifs is 9. The van der Waals surface area contributed by atoms with Crippen molar-refractivity contribution in [3.8, 4) is 11.1 Å². The van der Waals surface area contributed by atoms with Gasteiger partial charge >= 0.3 is 0 Å². The second-order valence-electron chi connectivity index (χ2n) is 11.4. The zero-order chi connectivity index (χ0) is 27.7. The Hall–Kier alpha value is -3.54. The predicted octanol–water partition coefficient (Wildman–Crippen LogP) is 11.4. The van der Waals surface area contributed by atoms with Crippen molar-refractivity contribution < 1.29 is 0 Å². The summed E-state index contributed by atoms with van der Waals surface area (Å²) in [4.78, 5) is 13.8. The molecule has 0 spiro atoms. The van der Waals surface area contributed by atoms with Gasteiger partial charge in [-0.3, -0.25) is 4.99 Å². The molecule has 0 aliphatic carbocycles. The maximum atomic E-state index is 5.17. The van der Waals surface area contributed by atoms with Crippen LogP contribution >= 0.6 is 22.7 Å². The summed E-state index contributed by atoms with van der Waals surface area (Å²) < 4.78 is 2.63. The first-order valence-corrected chi connectivity index (χ1v) is 16.0. The Labute approximate surface area is 242 Å². The number of thiophene rings is 2. The number of rotatable bonds is 5. The molecule has 7 rings (SSSR count). The molecule has 0 atom stereocenters. The highest BCUT2D eigenvalue weighted by molar-refractivity contribution is 7.18. The Balaban J connectivity index is 1.46. The molecule has 0 fully saturated rings. The molecule has 4 aromatic carbocycles. The molecular formula is C35H33N3S2. The molecule has 0 aliphatic rings. The number of aromatic nitrogens is 2. The van der Waals surface area contributed by atoms with Gasteiger partial charge in [0.2, 0.25) is 0 Å². The van der Waals surface area contributed by atoms with Crippen LogP contribution in [-0.4, -0.2) is 15.7 Å². The standard InChI is InChI=1S/C35H33N3S2/c1-7-23-24-10-8-21(16-28(24)33-26(12-14-39-33)30(23)36-20(6)18(2)3)22-9-11-25-29(17-22)34-27(13-15-40-34)32-31(25)37-35(38-32)19(4)5/h8-19H,7H2,1-6H3,(H,37,38)/b36-20+. The molecule has 3 heterocycles. The second-order valence-corrected chi connectivity index (χ2v) is 13.3. The molecule has 40 heavy (non-hydrogen) atoms.